The van der Waals surface area contributed by atoms with Gasteiger partial charge in [0.2, 0.25) is 5.89 Å². The lowest BCUT2D eigenvalue weighted by molar-refractivity contribution is -0.384. The molecular formula is C16H11ClN2O4. The summed E-state index contributed by atoms with van der Waals surface area (Å²) < 4.78 is 11.0. The first-order valence-electron chi connectivity index (χ1n) is 6.67. The van der Waals surface area contributed by atoms with Gasteiger partial charge in [-0.15, -0.1) is 0 Å². The SMILES string of the molecule is Cc1coc(-c2cccc(Oc3ccc([N+](=O)[O-])cc3Cl)c2)n1. The van der Waals surface area contributed by atoms with Crippen molar-refractivity contribution in [2.45, 2.75) is 6.92 Å². The summed E-state index contributed by atoms with van der Waals surface area (Å²) in [5, 5.41) is 10.9. The van der Waals surface area contributed by atoms with Crippen molar-refractivity contribution in [2.24, 2.45) is 0 Å². The monoisotopic (exact) mass is 330 g/mol. The summed E-state index contributed by atoms with van der Waals surface area (Å²) in [5.41, 5.74) is 1.45. The Morgan fingerprint density at radius 3 is 2.74 bits per heavy atom. The Kier molecular flexibility index (Phi) is 3.99. The van der Waals surface area contributed by atoms with Crippen LogP contribution in [0.2, 0.25) is 5.02 Å². The number of aromatic nitrogens is 1. The van der Waals surface area contributed by atoms with Crippen LogP contribution in [-0.2, 0) is 0 Å². The molecule has 6 nitrogen and oxygen atoms in total. The fourth-order valence-electron chi connectivity index (χ4n) is 1.99. The van der Waals surface area contributed by atoms with E-state index in [9.17, 15) is 10.1 Å². The van der Waals surface area contributed by atoms with Crippen LogP contribution < -0.4 is 4.74 Å². The van der Waals surface area contributed by atoms with E-state index in [0.717, 1.165) is 11.3 Å². The van der Waals surface area contributed by atoms with Crippen LogP contribution in [0.4, 0.5) is 5.69 Å². The first kappa shape index (κ1) is 15.1. The number of hydrogen-bond acceptors (Lipinski definition) is 5. The molecule has 0 amide bonds. The number of nitro groups is 1. The van der Waals surface area contributed by atoms with Crippen molar-refractivity contribution in [1.82, 2.24) is 4.98 Å². The van der Waals surface area contributed by atoms with E-state index in [-0.39, 0.29) is 10.7 Å². The number of non-ortho nitro benzene ring substituents is 1. The van der Waals surface area contributed by atoms with Crippen molar-refractivity contribution in [1.29, 1.82) is 0 Å². The summed E-state index contributed by atoms with van der Waals surface area (Å²) in [5.74, 6) is 1.34. The zero-order valence-corrected chi connectivity index (χ0v) is 12.8. The zero-order chi connectivity index (χ0) is 16.4. The van der Waals surface area contributed by atoms with E-state index >= 15 is 0 Å². The number of halogens is 1. The molecule has 0 spiro atoms. The highest BCUT2D eigenvalue weighted by molar-refractivity contribution is 6.32. The average Bonchev–Trinajstić information content (AvgIpc) is 2.96. The van der Waals surface area contributed by atoms with Crippen LogP contribution in [0.25, 0.3) is 11.5 Å². The summed E-state index contributed by atoms with van der Waals surface area (Å²) in [6, 6.07) is 11.2. The molecule has 0 saturated heterocycles. The first-order valence-corrected chi connectivity index (χ1v) is 7.05. The van der Waals surface area contributed by atoms with Crippen molar-refractivity contribution in [2.75, 3.05) is 0 Å². The Balaban J connectivity index is 1.87. The minimum absolute atomic E-state index is 0.0913. The molecule has 0 radical (unpaired) electrons. The van der Waals surface area contributed by atoms with E-state index < -0.39 is 4.92 Å². The van der Waals surface area contributed by atoms with Crippen LogP contribution in [0.5, 0.6) is 11.5 Å². The summed E-state index contributed by atoms with van der Waals surface area (Å²) in [4.78, 5) is 14.5. The third-order valence-corrected chi connectivity index (χ3v) is 3.35. The van der Waals surface area contributed by atoms with E-state index in [1.54, 1.807) is 24.5 Å². The van der Waals surface area contributed by atoms with Crippen LogP contribution in [0.1, 0.15) is 5.69 Å². The van der Waals surface area contributed by atoms with E-state index in [4.69, 9.17) is 20.8 Å². The molecule has 0 aliphatic heterocycles. The minimum Gasteiger partial charge on any atom is -0.456 e. The number of benzene rings is 2. The molecule has 0 atom stereocenters. The van der Waals surface area contributed by atoms with Gasteiger partial charge in [0.05, 0.1) is 15.6 Å². The predicted molar refractivity (Wildman–Crippen MR) is 84.9 cm³/mol. The minimum atomic E-state index is -0.513. The van der Waals surface area contributed by atoms with Gasteiger partial charge in [-0.3, -0.25) is 10.1 Å². The number of hydrogen-bond donors (Lipinski definition) is 0. The van der Waals surface area contributed by atoms with E-state index in [2.05, 4.69) is 4.98 Å². The van der Waals surface area contributed by atoms with Crippen molar-refractivity contribution < 1.29 is 14.1 Å². The van der Waals surface area contributed by atoms with E-state index in [1.165, 1.54) is 18.2 Å². The Bertz CT molecular complexity index is 876. The molecule has 1 aromatic heterocycles. The molecule has 0 fully saturated rings. The number of ether oxygens (including phenoxy) is 1. The Morgan fingerprint density at radius 1 is 1.26 bits per heavy atom. The highest BCUT2D eigenvalue weighted by Crippen LogP contribution is 2.33. The molecule has 3 rings (SSSR count). The van der Waals surface area contributed by atoms with Crippen molar-refractivity contribution in [3.05, 3.63) is 69.6 Å². The average molecular weight is 331 g/mol. The molecule has 116 valence electrons. The van der Waals surface area contributed by atoms with Gasteiger partial charge in [-0.2, -0.15) is 0 Å². The highest BCUT2D eigenvalue weighted by Gasteiger charge is 2.12. The maximum absolute atomic E-state index is 10.7. The van der Waals surface area contributed by atoms with Gasteiger partial charge in [-0.05, 0) is 31.2 Å². The summed E-state index contributed by atoms with van der Waals surface area (Å²) >= 11 is 6.02. The normalized spacial score (nSPS) is 10.5. The molecule has 3 aromatic rings. The molecule has 0 N–H and O–H groups in total. The molecule has 0 unspecified atom stereocenters. The van der Waals surface area contributed by atoms with Crippen molar-refractivity contribution in [3.8, 4) is 23.0 Å². The van der Waals surface area contributed by atoms with Crippen LogP contribution >= 0.6 is 11.6 Å². The molecular weight excluding hydrogens is 320 g/mol. The molecule has 0 aliphatic rings. The maximum Gasteiger partial charge on any atom is 0.271 e. The van der Waals surface area contributed by atoms with Crippen molar-refractivity contribution >= 4 is 17.3 Å². The second-order valence-electron chi connectivity index (χ2n) is 4.80. The Hall–Kier alpha value is -2.86. The maximum atomic E-state index is 10.7. The third kappa shape index (κ3) is 3.32. The number of nitrogens with zero attached hydrogens (tertiary/aromatic N) is 2. The quantitative estimate of drug-likeness (QED) is 0.496. The van der Waals surface area contributed by atoms with Crippen LogP contribution in [0, 0.1) is 17.0 Å². The van der Waals surface area contributed by atoms with Gasteiger partial charge in [0.25, 0.3) is 5.69 Å². The number of nitro benzene ring substituents is 1. The fourth-order valence-corrected chi connectivity index (χ4v) is 2.21. The number of oxazole rings is 1. The zero-order valence-electron chi connectivity index (χ0n) is 12.0. The number of aryl methyl sites for hydroxylation is 1. The lowest BCUT2D eigenvalue weighted by Gasteiger charge is -2.08. The fraction of sp³-hybridized carbons (Fsp3) is 0.0625. The second-order valence-corrected chi connectivity index (χ2v) is 5.20. The standard InChI is InChI=1S/C16H11ClN2O4/c1-10-9-22-16(18-10)11-3-2-4-13(7-11)23-15-6-5-12(19(20)21)8-14(15)17/h2-9H,1H3. The summed E-state index contributed by atoms with van der Waals surface area (Å²) in [6.07, 6.45) is 1.57. The molecule has 7 heteroatoms. The van der Waals surface area contributed by atoms with Gasteiger partial charge in [-0.1, -0.05) is 17.7 Å². The first-order chi connectivity index (χ1) is 11.0. The lowest BCUT2D eigenvalue weighted by atomic mass is 10.2. The van der Waals surface area contributed by atoms with E-state index in [1.807, 2.05) is 13.0 Å². The highest BCUT2D eigenvalue weighted by atomic mass is 35.5. The molecule has 23 heavy (non-hydrogen) atoms. The van der Waals surface area contributed by atoms with Gasteiger partial charge in [-0.25, -0.2) is 4.98 Å². The van der Waals surface area contributed by atoms with Gasteiger partial charge in [0.15, 0.2) is 0 Å². The molecule has 0 aliphatic carbocycles. The topological polar surface area (TPSA) is 78.4 Å². The Morgan fingerprint density at radius 2 is 2.09 bits per heavy atom. The molecule has 0 bridgehead atoms. The van der Waals surface area contributed by atoms with Gasteiger partial charge in [0, 0.05) is 17.7 Å². The lowest BCUT2D eigenvalue weighted by Crippen LogP contribution is -1.90. The second kappa shape index (κ2) is 6.10. The molecule has 0 saturated carbocycles. The largest absolute Gasteiger partial charge is 0.456 e. The van der Waals surface area contributed by atoms with Crippen LogP contribution in [0.15, 0.2) is 53.1 Å². The van der Waals surface area contributed by atoms with Gasteiger partial charge in [0.1, 0.15) is 17.8 Å². The molecule has 2 aromatic carbocycles. The van der Waals surface area contributed by atoms with Crippen molar-refractivity contribution in [3.63, 3.8) is 0 Å². The van der Waals surface area contributed by atoms with Gasteiger partial charge >= 0.3 is 0 Å². The van der Waals surface area contributed by atoms with E-state index in [0.29, 0.717) is 17.4 Å². The molecule has 1 heterocycles. The predicted octanol–water partition coefficient (Wildman–Crippen LogP) is 5.00. The Labute approximate surface area is 136 Å². The third-order valence-electron chi connectivity index (χ3n) is 3.05. The smallest absolute Gasteiger partial charge is 0.271 e. The summed E-state index contributed by atoms with van der Waals surface area (Å²) in [6.45, 7) is 1.84. The van der Waals surface area contributed by atoms with Gasteiger partial charge < -0.3 is 9.15 Å². The number of rotatable bonds is 4. The van der Waals surface area contributed by atoms with Crippen LogP contribution in [0.3, 0.4) is 0 Å². The summed E-state index contributed by atoms with van der Waals surface area (Å²) in [7, 11) is 0. The van der Waals surface area contributed by atoms with Crippen LogP contribution in [-0.4, -0.2) is 9.91 Å².